The van der Waals surface area contributed by atoms with E-state index >= 15 is 0 Å². The fraction of sp³-hybridized carbons (Fsp3) is 0.286. The zero-order valence-electron chi connectivity index (χ0n) is 11.2. The number of aromatic nitrogens is 2. The average molecular weight is 294 g/mol. The summed E-state index contributed by atoms with van der Waals surface area (Å²) in [4.78, 5) is 0. The third-order valence-corrected chi connectivity index (χ3v) is 2.89. The maximum absolute atomic E-state index is 12.6. The standard InChI is InChI=1S/C14H13F3N4/c1-10(9-21-6-2-5-19-21)20-13-4-3-12(14(15,16)17)7-11(13)8-18/h2-7,10,20H,9H2,1H3. The van der Waals surface area contributed by atoms with Crippen molar-refractivity contribution in [3.05, 3.63) is 47.8 Å². The van der Waals surface area contributed by atoms with E-state index in [-0.39, 0.29) is 11.6 Å². The van der Waals surface area contributed by atoms with Gasteiger partial charge >= 0.3 is 6.18 Å². The maximum Gasteiger partial charge on any atom is 0.416 e. The predicted octanol–water partition coefficient (Wildman–Crippen LogP) is 3.27. The molecule has 7 heteroatoms. The Morgan fingerprint density at radius 3 is 2.76 bits per heavy atom. The van der Waals surface area contributed by atoms with Crippen LogP contribution >= 0.6 is 0 Å². The molecule has 0 fully saturated rings. The summed E-state index contributed by atoms with van der Waals surface area (Å²) in [5.41, 5.74) is -0.480. The quantitative estimate of drug-likeness (QED) is 0.941. The fourth-order valence-corrected chi connectivity index (χ4v) is 1.94. The lowest BCUT2D eigenvalue weighted by Gasteiger charge is -2.17. The van der Waals surface area contributed by atoms with E-state index in [2.05, 4.69) is 10.4 Å². The van der Waals surface area contributed by atoms with Crippen LogP contribution in [-0.2, 0) is 12.7 Å². The molecule has 2 aromatic rings. The number of halogens is 3. The van der Waals surface area contributed by atoms with Gasteiger partial charge in [-0.15, -0.1) is 0 Å². The van der Waals surface area contributed by atoms with Gasteiger partial charge in [-0.1, -0.05) is 0 Å². The van der Waals surface area contributed by atoms with Crippen molar-refractivity contribution in [1.29, 1.82) is 5.26 Å². The predicted molar refractivity (Wildman–Crippen MR) is 71.5 cm³/mol. The molecule has 0 saturated carbocycles. The number of nitrogens with zero attached hydrogens (tertiary/aromatic N) is 3. The van der Waals surface area contributed by atoms with Gasteiger partial charge < -0.3 is 5.32 Å². The molecule has 1 aromatic heterocycles. The second-order valence-electron chi connectivity index (χ2n) is 4.64. The molecule has 21 heavy (non-hydrogen) atoms. The SMILES string of the molecule is CC(Cn1cccn1)Nc1ccc(C(F)(F)F)cc1C#N. The first kappa shape index (κ1) is 14.9. The summed E-state index contributed by atoms with van der Waals surface area (Å²) in [6.45, 7) is 2.40. The molecule has 0 spiro atoms. The van der Waals surface area contributed by atoms with E-state index in [4.69, 9.17) is 5.26 Å². The number of anilines is 1. The molecular formula is C14H13F3N4. The van der Waals surface area contributed by atoms with E-state index in [1.165, 1.54) is 6.07 Å². The molecule has 1 heterocycles. The summed E-state index contributed by atoms with van der Waals surface area (Å²) >= 11 is 0. The largest absolute Gasteiger partial charge is 0.416 e. The van der Waals surface area contributed by atoms with E-state index in [9.17, 15) is 13.2 Å². The summed E-state index contributed by atoms with van der Waals surface area (Å²) < 4.78 is 39.5. The molecule has 2 rings (SSSR count). The van der Waals surface area contributed by atoms with Crippen LogP contribution in [-0.4, -0.2) is 15.8 Å². The Kier molecular flexibility index (Phi) is 4.17. The molecule has 1 atom stereocenters. The monoisotopic (exact) mass is 294 g/mol. The number of nitrogens with one attached hydrogen (secondary N) is 1. The highest BCUT2D eigenvalue weighted by Crippen LogP contribution is 2.31. The van der Waals surface area contributed by atoms with Crippen LogP contribution in [0.25, 0.3) is 0 Å². The lowest BCUT2D eigenvalue weighted by molar-refractivity contribution is -0.137. The minimum Gasteiger partial charge on any atom is -0.380 e. The normalized spacial score (nSPS) is 12.7. The third-order valence-electron chi connectivity index (χ3n) is 2.89. The Bertz CT molecular complexity index is 641. The van der Waals surface area contributed by atoms with Crippen LogP contribution in [0.1, 0.15) is 18.1 Å². The van der Waals surface area contributed by atoms with Gasteiger partial charge in [-0.2, -0.15) is 23.5 Å². The molecule has 110 valence electrons. The van der Waals surface area contributed by atoms with Gasteiger partial charge in [-0.3, -0.25) is 4.68 Å². The molecule has 0 bridgehead atoms. The average Bonchev–Trinajstić information content (AvgIpc) is 2.90. The molecular weight excluding hydrogens is 281 g/mol. The van der Waals surface area contributed by atoms with Gasteiger partial charge in [-0.05, 0) is 31.2 Å². The van der Waals surface area contributed by atoms with Crippen LogP contribution in [0.3, 0.4) is 0 Å². The van der Waals surface area contributed by atoms with Gasteiger partial charge in [0.25, 0.3) is 0 Å². The molecule has 0 amide bonds. The van der Waals surface area contributed by atoms with E-state index in [0.29, 0.717) is 12.2 Å². The van der Waals surface area contributed by atoms with Gasteiger partial charge in [0.15, 0.2) is 0 Å². The zero-order chi connectivity index (χ0) is 15.5. The fourth-order valence-electron chi connectivity index (χ4n) is 1.94. The first-order valence-electron chi connectivity index (χ1n) is 6.25. The Morgan fingerprint density at radius 1 is 1.43 bits per heavy atom. The summed E-state index contributed by atoms with van der Waals surface area (Å²) in [6.07, 6.45) is -1.02. The second kappa shape index (κ2) is 5.87. The van der Waals surface area contributed by atoms with Crippen molar-refractivity contribution in [2.75, 3.05) is 5.32 Å². The van der Waals surface area contributed by atoms with Crippen LogP contribution in [0.15, 0.2) is 36.7 Å². The highest BCUT2D eigenvalue weighted by atomic mass is 19.4. The minimum absolute atomic E-state index is 0.0304. The van der Waals surface area contributed by atoms with E-state index in [1.807, 2.05) is 6.92 Å². The highest BCUT2D eigenvalue weighted by Gasteiger charge is 2.31. The summed E-state index contributed by atoms with van der Waals surface area (Å²) in [7, 11) is 0. The lowest BCUT2D eigenvalue weighted by Crippen LogP contribution is -2.22. The second-order valence-corrected chi connectivity index (χ2v) is 4.64. The number of hydrogen-bond acceptors (Lipinski definition) is 3. The summed E-state index contributed by atoms with van der Waals surface area (Å²) in [5, 5.41) is 16.1. The minimum atomic E-state index is -4.45. The third kappa shape index (κ3) is 3.75. The number of nitriles is 1. The molecule has 1 N–H and O–H groups in total. The van der Waals surface area contributed by atoms with Gasteiger partial charge in [0, 0.05) is 18.4 Å². The van der Waals surface area contributed by atoms with E-state index < -0.39 is 11.7 Å². The molecule has 0 radical (unpaired) electrons. The van der Waals surface area contributed by atoms with E-state index in [1.54, 1.807) is 29.2 Å². The zero-order valence-corrected chi connectivity index (χ0v) is 11.2. The summed E-state index contributed by atoms with van der Waals surface area (Å²) in [5.74, 6) is 0. The van der Waals surface area contributed by atoms with Crippen molar-refractivity contribution in [1.82, 2.24) is 9.78 Å². The van der Waals surface area contributed by atoms with Crippen LogP contribution in [0.4, 0.5) is 18.9 Å². The number of hydrogen-bond donors (Lipinski definition) is 1. The Morgan fingerprint density at radius 2 is 2.19 bits per heavy atom. The van der Waals surface area contributed by atoms with Crippen molar-refractivity contribution < 1.29 is 13.2 Å². The number of rotatable bonds is 4. The van der Waals surface area contributed by atoms with Gasteiger partial charge in [0.1, 0.15) is 6.07 Å². The van der Waals surface area contributed by atoms with Crippen molar-refractivity contribution >= 4 is 5.69 Å². The summed E-state index contributed by atoms with van der Waals surface area (Å²) in [6, 6.07) is 6.57. The highest BCUT2D eigenvalue weighted by molar-refractivity contribution is 5.59. The molecule has 1 aromatic carbocycles. The molecule has 0 aliphatic carbocycles. The van der Waals surface area contributed by atoms with Gasteiger partial charge in [-0.25, -0.2) is 0 Å². The maximum atomic E-state index is 12.6. The van der Waals surface area contributed by atoms with Crippen molar-refractivity contribution in [3.8, 4) is 6.07 Å². The van der Waals surface area contributed by atoms with Crippen LogP contribution in [0.2, 0.25) is 0 Å². The Hall–Kier alpha value is -2.49. The smallest absolute Gasteiger partial charge is 0.380 e. The van der Waals surface area contributed by atoms with Crippen LogP contribution < -0.4 is 5.32 Å². The lowest BCUT2D eigenvalue weighted by atomic mass is 10.1. The van der Waals surface area contributed by atoms with Gasteiger partial charge in [0.05, 0.1) is 23.4 Å². The molecule has 0 aliphatic rings. The topological polar surface area (TPSA) is 53.6 Å². The number of benzene rings is 1. The van der Waals surface area contributed by atoms with Crippen LogP contribution in [0, 0.1) is 11.3 Å². The molecule has 0 saturated heterocycles. The van der Waals surface area contributed by atoms with Crippen molar-refractivity contribution in [2.45, 2.75) is 25.7 Å². The van der Waals surface area contributed by atoms with E-state index in [0.717, 1.165) is 12.1 Å². The van der Waals surface area contributed by atoms with Crippen LogP contribution in [0.5, 0.6) is 0 Å². The van der Waals surface area contributed by atoms with Gasteiger partial charge in [0.2, 0.25) is 0 Å². The van der Waals surface area contributed by atoms with Crippen molar-refractivity contribution in [3.63, 3.8) is 0 Å². The number of alkyl halides is 3. The molecule has 4 nitrogen and oxygen atoms in total. The first-order chi connectivity index (χ1) is 9.90. The van der Waals surface area contributed by atoms with Crippen molar-refractivity contribution in [2.24, 2.45) is 0 Å². The molecule has 0 aliphatic heterocycles. The Labute approximate surface area is 119 Å². The molecule has 1 unspecified atom stereocenters. The first-order valence-corrected chi connectivity index (χ1v) is 6.25. The Balaban J connectivity index is 2.15.